The number of carbonyl (C=O) groups excluding carboxylic acids is 2. The van der Waals surface area contributed by atoms with Gasteiger partial charge in [0.25, 0.3) is 11.8 Å². The maximum absolute atomic E-state index is 12.5. The Balaban J connectivity index is 1.79. The van der Waals surface area contributed by atoms with Crippen LogP contribution in [0.15, 0.2) is 60.8 Å². The number of rotatable bonds is 9. The second-order valence-electron chi connectivity index (χ2n) is 7.96. The highest BCUT2D eigenvalue weighted by Gasteiger charge is 2.15. The van der Waals surface area contributed by atoms with Gasteiger partial charge in [-0.2, -0.15) is 0 Å². The highest BCUT2D eigenvalue weighted by molar-refractivity contribution is 5.95. The maximum Gasteiger partial charge on any atom is 0.253 e. The number of aliphatic hydroxyl groups excluding tert-OH is 1. The van der Waals surface area contributed by atoms with Crippen molar-refractivity contribution < 1.29 is 14.7 Å². The van der Waals surface area contributed by atoms with Crippen LogP contribution in [0.25, 0.3) is 0 Å². The van der Waals surface area contributed by atoms with E-state index < -0.39 is 5.91 Å². The molecule has 0 fully saturated rings. The van der Waals surface area contributed by atoms with Crippen LogP contribution in [0.1, 0.15) is 48.7 Å². The van der Waals surface area contributed by atoms with Gasteiger partial charge in [-0.05, 0) is 54.2 Å². The van der Waals surface area contributed by atoms with Gasteiger partial charge in [0.1, 0.15) is 0 Å². The first-order valence-corrected chi connectivity index (χ1v) is 10.7. The minimum Gasteiger partial charge on any atom is -0.395 e. The second kappa shape index (κ2) is 10.7. The molecule has 3 aromatic rings. The third-order valence-electron chi connectivity index (χ3n) is 5.53. The van der Waals surface area contributed by atoms with Crippen molar-refractivity contribution in [1.82, 2.24) is 9.88 Å². The summed E-state index contributed by atoms with van der Waals surface area (Å²) in [7, 11) is 1.67. The molecule has 0 aliphatic rings. The van der Waals surface area contributed by atoms with Gasteiger partial charge >= 0.3 is 0 Å². The number of likely N-dealkylation sites (N-methyl/N-ethyl adjacent to an activating group) is 1. The zero-order valence-corrected chi connectivity index (χ0v) is 18.5. The van der Waals surface area contributed by atoms with Crippen LogP contribution in [0.2, 0.25) is 0 Å². The lowest BCUT2D eigenvalue weighted by Crippen LogP contribution is -2.30. The summed E-state index contributed by atoms with van der Waals surface area (Å²) in [5, 5.41) is 9.06. The molecule has 0 aliphatic carbocycles. The topological polar surface area (TPSA) is 96.5 Å². The van der Waals surface area contributed by atoms with Gasteiger partial charge in [-0.1, -0.05) is 42.5 Å². The van der Waals surface area contributed by atoms with Gasteiger partial charge in [0.15, 0.2) is 0 Å². The van der Waals surface area contributed by atoms with Gasteiger partial charge in [-0.3, -0.25) is 14.6 Å². The van der Waals surface area contributed by atoms with Crippen molar-refractivity contribution in [2.75, 3.05) is 20.2 Å². The molecule has 32 heavy (non-hydrogen) atoms. The van der Waals surface area contributed by atoms with Crippen molar-refractivity contribution in [2.45, 2.75) is 26.2 Å². The molecule has 3 N–H and O–H groups in total. The molecule has 3 rings (SSSR count). The molecule has 2 amide bonds. The Hall–Kier alpha value is -3.51. The summed E-state index contributed by atoms with van der Waals surface area (Å²) in [4.78, 5) is 30.4. The molecule has 0 saturated heterocycles. The number of pyridine rings is 1. The average Bonchev–Trinajstić information content (AvgIpc) is 2.78. The fourth-order valence-corrected chi connectivity index (χ4v) is 3.74. The second-order valence-corrected chi connectivity index (χ2v) is 7.96. The predicted octanol–water partition coefficient (Wildman–Crippen LogP) is 2.93. The molecule has 0 saturated carbocycles. The number of hydrogen-bond donors (Lipinski definition) is 2. The van der Waals surface area contributed by atoms with E-state index in [2.05, 4.69) is 17.1 Å². The highest BCUT2D eigenvalue weighted by atomic mass is 16.3. The van der Waals surface area contributed by atoms with E-state index in [0.717, 1.165) is 28.8 Å². The normalized spacial score (nSPS) is 10.7. The Bertz CT molecular complexity index is 1100. The lowest BCUT2D eigenvalue weighted by molar-refractivity contribution is 0.0766. The fraction of sp³-hybridized carbons (Fsp3) is 0.269. The molecule has 6 nitrogen and oxygen atoms in total. The summed E-state index contributed by atoms with van der Waals surface area (Å²) in [6.45, 7) is 2.12. The van der Waals surface area contributed by atoms with Crippen molar-refractivity contribution in [3.63, 3.8) is 0 Å². The van der Waals surface area contributed by atoms with Gasteiger partial charge in [0.2, 0.25) is 0 Å². The maximum atomic E-state index is 12.5. The highest BCUT2D eigenvalue weighted by Crippen LogP contribution is 2.18. The first-order valence-electron chi connectivity index (χ1n) is 10.7. The number of nitrogens with two attached hydrogens (primary N) is 1. The number of hydrogen-bond acceptors (Lipinski definition) is 4. The quantitative estimate of drug-likeness (QED) is 0.544. The minimum atomic E-state index is -0.474. The van der Waals surface area contributed by atoms with Crippen LogP contribution in [0.3, 0.4) is 0 Å². The molecule has 0 bridgehead atoms. The largest absolute Gasteiger partial charge is 0.395 e. The number of benzene rings is 2. The lowest BCUT2D eigenvalue weighted by atomic mass is 9.97. The molecule has 0 spiro atoms. The van der Waals surface area contributed by atoms with Gasteiger partial charge < -0.3 is 15.7 Å². The Labute approximate surface area is 188 Å². The van der Waals surface area contributed by atoms with E-state index in [1.165, 1.54) is 10.5 Å². The van der Waals surface area contributed by atoms with Crippen LogP contribution in [0.5, 0.6) is 0 Å². The van der Waals surface area contributed by atoms with E-state index >= 15 is 0 Å². The number of carbonyl (C=O) groups is 2. The molecule has 1 aromatic heterocycles. The number of primary amides is 1. The van der Waals surface area contributed by atoms with Crippen molar-refractivity contribution in [3.8, 4) is 0 Å². The van der Waals surface area contributed by atoms with Crippen LogP contribution in [-0.4, -0.2) is 47.0 Å². The summed E-state index contributed by atoms with van der Waals surface area (Å²) in [6.07, 6.45) is 3.65. The molecule has 6 heteroatoms. The molecule has 2 aromatic carbocycles. The number of aromatic nitrogens is 1. The van der Waals surface area contributed by atoms with E-state index in [1.54, 1.807) is 13.2 Å². The summed E-state index contributed by atoms with van der Waals surface area (Å²) in [5.74, 6) is -0.590. The third kappa shape index (κ3) is 5.80. The first-order chi connectivity index (χ1) is 15.4. The molecule has 0 radical (unpaired) electrons. The predicted molar refractivity (Wildman–Crippen MR) is 125 cm³/mol. The summed E-state index contributed by atoms with van der Waals surface area (Å²) in [6, 6.07) is 17.8. The molecule has 166 valence electrons. The number of amides is 2. The van der Waals surface area contributed by atoms with E-state index in [-0.39, 0.29) is 12.5 Å². The summed E-state index contributed by atoms with van der Waals surface area (Å²) < 4.78 is 0. The van der Waals surface area contributed by atoms with E-state index in [0.29, 0.717) is 30.5 Å². The van der Waals surface area contributed by atoms with Crippen LogP contribution >= 0.6 is 0 Å². The van der Waals surface area contributed by atoms with Crippen molar-refractivity contribution in [1.29, 1.82) is 0 Å². The zero-order valence-electron chi connectivity index (χ0n) is 18.5. The lowest BCUT2D eigenvalue weighted by Gasteiger charge is -2.17. The first kappa shape index (κ1) is 23.2. The molecule has 0 atom stereocenters. The smallest absolute Gasteiger partial charge is 0.253 e. The Morgan fingerprint density at radius 2 is 1.75 bits per heavy atom. The summed E-state index contributed by atoms with van der Waals surface area (Å²) in [5.41, 5.74) is 11.5. The SMILES string of the molecule is Cc1cc(Cc2cc(CCc3ccccc3)c(C(N)=O)cn2)ccc1C(=O)N(C)CCO. The van der Waals surface area contributed by atoms with E-state index in [4.69, 9.17) is 10.8 Å². The molecule has 1 heterocycles. The van der Waals surface area contributed by atoms with Gasteiger partial charge in [-0.25, -0.2) is 0 Å². The van der Waals surface area contributed by atoms with E-state index in [9.17, 15) is 9.59 Å². The Morgan fingerprint density at radius 1 is 1.00 bits per heavy atom. The van der Waals surface area contributed by atoms with Gasteiger partial charge in [0, 0.05) is 37.5 Å². The Morgan fingerprint density at radius 3 is 2.41 bits per heavy atom. The molecular weight excluding hydrogens is 402 g/mol. The molecule has 0 aliphatic heterocycles. The number of aliphatic hydroxyl groups is 1. The zero-order chi connectivity index (χ0) is 23.1. The average molecular weight is 432 g/mol. The van der Waals surface area contributed by atoms with Crippen LogP contribution < -0.4 is 5.73 Å². The molecular formula is C26H29N3O3. The van der Waals surface area contributed by atoms with Gasteiger partial charge in [0.05, 0.1) is 12.2 Å². The monoisotopic (exact) mass is 431 g/mol. The minimum absolute atomic E-state index is 0.0705. The van der Waals surface area contributed by atoms with Crippen LogP contribution in [0.4, 0.5) is 0 Å². The van der Waals surface area contributed by atoms with Crippen LogP contribution in [0, 0.1) is 6.92 Å². The number of nitrogens with zero attached hydrogens (tertiary/aromatic N) is 2. The van der Waals surface area contributed by atoms with E-state index in [1.807, 2.05) is 49.4 Å². The van der Waals surface area contributed by atoms with Crippen molar-refractivity contribution in [3.05, 3.63) is 99.9 Å². The Kier molecular flexibility index (Phi) is 7.73. The van der Waals surface area contributed by atoms with Crippen molar-refractivity contribution >= 4 is 11.8 Å². The molecule has 0 unspecified atom stereocenters. The summed E-state index contributed by atoms with van der Waals surface area (Å²) >= 11 is 0. The fourth-order valence-electron chi connectivity index (χ4n) is 3.74. The standard InChI is InChI=1S/C26H29N3O3/c1-18-14-20(9-11-23(18)26(32)29(2)12-13-30)15-22-16-21(24(17-28-22)25(27)31)10-8-19-6-4-3-5-7-19/h3-7,9,11,14,16-17,30H,8,10,12-13,15H2,1-2H3,(H2,27,31). The van der Waals surface area contributed by atoms with Crippen molar-refractivity contribution in [2.24, 2.45) is 5.73 Å². The third-order valence-corrected chi connectivity index (χ3v) is 5.53. The van der Waals surface area contributed by atoms with Crippen LogP contribution in [-0.2, 0) is 19.3 Å². The number of aryl methyl sites for hydroxylation is 3. The van der Waals surface area contributed by atoms with Gasteiger partial charge in [-0.15, -0.1) is 0 Å².